The Morgan fingerprint density at radius 3 is 2.53 bits per heavy atom. The van der Waals surface area contributed by atoms with Crippen LogP contribution in [0.1, 0.15) is 6.92 Å². The molecule has 1 aromatic carbocycles. The Bertz CT molecular complexity index is 412. The molecule has 17 heavy (non-hydrogen) atoms. The summed E-state index contributed by atoms with van der Waals surface area (Å²) in [5, 5.41) is 1.14. The number of carbonyl (C=O) groups is 1. The van der Waals surface area contributed by atoms with Crippen molar-refractivity contribution in [3.8, 4) is 0 Å². The Labute approximate surface area is 115 Å². The quantitative estimate of drug-likeness (QED) is 0.462. The molecule has 92 valence electrons. The minimum Gasteiger partial charge on any atom is -0.463 e. The first-order valence-corrected chi connectivity index (χ1v) is 6.72. The fourth-order valence-electron chi connectivity index (χ4n) is 1.07. The molecule has 0 aliphatic heterocycles. The monoisotopic (exact) mass is 290 g/mol. The smallest absolute Gasteiger partial charge is 0.334 e. The minimum absolute atomic E-state index is 0.343. The maximum Gasteiger partial charge on any atom is 0.334 e. The molecular formula is C12H12Cl2O2S. The Hall–Kier alpha value is -0.640. The van der Waals surface area contributed by atoms with E-state index in [1.165, 1.54) is 11.8 Å². The van der Waals surface area contributed by atoms with E-state index in [1.54, 1.807) is 25.1 Å². The number of esters is 1. The Balaban J connectivity index is 2.62. The maximum atomic E-state index is 11.3. The third-order valence-corrected chi connectivity index (χ3v) is 3.95. The first kappa shape index (κ1) is 14.4. The van der Waals surface area contributed by atoms with E-state index in [9.17, 15) is 4.79 Å². The number of carbonyl (C=O) groups excluding carboxylic acids is 1. The zero-order valence-electron chi connectivity index (χ0n) is 9.33. The normalized spacial score (nSPS) is 10.1. The zero-order chi connectivity index (χ0) is 12.8. The highest BCUT2D eigenvalue weighted by Gasteiger charge is 2.11. The number of hydrogen-bond donors (Lipinski definition) is 0. The van der Waals surface area contributed by atoms with Gasteiger partial charge in [0.1, 0.15) is 0 Å². The lowest BCUT2D eigenvalue weighted by Gasteiger charge is -2.07. The van der Waals surface area contributed by atoms with Gasteiger partial charge in [0.05, 0.1) is 16.7 Å². The van der Waals surface area contributed by atoms with Crippen LogP contribution in [0.3, 0.4) is 0 Å². The largest absolute Gasteiger partial charge is 0.463 e. The van der Waals surface area contributed by atoms with Crippen LogP contribution >= 0.6 is 35.0 Å². The van der Waals surface area contributed by atoms with E-state index in [0.717, 1.165) is 4.90 Å². The first-order valence-electron chi connectivity index (χ1n) is 4.98. The van der Waals surface area contributed by atoms with Gasteiger partial charge in [-0.25, -0.2) is 4.79 Å². The second-order valence-electron chi connectivity index (χ2n) is 3.16. The number of thioether (sulfide) groups is 1. The SMILES string of the molecule is C=C(CSc1c(Cl)cccc1Cl)C(=O)OCC. The summed E-state index contributed by atoms with van der Waals surface area (Å²) in [5.74, 6) is 0.0191. The predicted octanol–water partition coefficient (Wildman–Crippen LogP) is 4.20. The number of halogens is 2. The lowest BCUT2D eigenvalue weighted by molar-refractivity contribution is -0.138. The summed E-state index contributed by atoms with van der Waals surface area (Å²) >= 11 is 13.4. The van der Waals surface area contributed by atoms with Gasteiger partial charge in [-0.05, 0) is 19.1 Å². The molecule has 2 nitrogen and oxygen atoms in total. The number of rotatable bonds is 5. The molecule has 0 spiro atoms. The number of hydrogen-bond acceptors (Lipinski definition) is 3. The van der Waals surface area contributed by atoms with Gasteiger partial charge in [-0.1, -0.05) is 35.8 Å². The molecule has 0 N–H and O–H groups in total. The molecule has 0 aliphatic rings. The summed E-state index contributed by atoms with van der Waals surface area (Å²) in [5.41, 5.74) is 0.396. The van der Waals surface area contributed by atoms with Gasteiger partial charge in [-0.3, -0.25) is 0 Å². The predicted molar refractivity (Wildman–Crippen MR) is 73.0 cm³/mol. The molecule has 0 unspecified atom stereocenters. The Morgan fingerprint density at radius 1 is 1.41 bits per heavy atom. The molecule has 1 rings (SSSR count). The molecule has 0 atom stereocenters. The number of ether oxygens (including phenoxy) is 1. The molecule has 5 heteroatoms. The summed E-state index contributed by atoms with van der Waals surface area (Å²) < 4.78 is 4.83. The van der Waals surface area contributed by atoms with Gasteiger partial charge in [0.15, 0.2) is 0 Å². The van der Waals surface area contributed by atoms with Crippen molar-refractivity contribution in [2.75, 3.05) is 12.4 Å². The van der Waals surface area contributed by atoms with Crippen molar-refractivity contribution in [2.24, 2.45) is 0 Å². The summed E-state index contributed by atoms with van der Waals surface area (Å²) in [4.78, 5) is 12.1. The molecule has 0 radical (unpaired) electrons. The van der Waals surface area contributed by atoms with Crippen LogP contribution in [0.25, 0.3) is 0 Å². The van der Waals surface area contributed by atoms with E-state index in [2.05, 4.69) is 6.58 Å². The van der Waals surface area contributed by atoms with Gasteiger partial charge in [0, 0.05) is 16.2 Å². The van der Waals surface area contributed by atoms with Crippen LogP contribution < -0.4 is 0 Å². The lowest BCUT2D eigenvalue weighted by atomic mass is 10.3. The molecule has 0 amide bonds. The molecular weight excluding hydrogens is 279 g/mol. The van der Waals surface area contributed by atoms with Crippen molar-refractivity contribution in [3.63, 3.8) is 0 Å². The van der Waals surface area contributed by atoms with Crippen LogP contribution in [0, 0.1) is 0 Å². The highest BCUT2D eigenvalue weighted by Crippen LogP contribution is 2.34. The summed E-state index contributed by atoms with van der Waals surface area (Å²) in [7, 11) is 0. The summed E-state index contributed by atoms with van der Waals surface area (Å²) in [6.07, 6.45) is 0. The van der Waals surface area contributed by atoms with Crippen molar-refractivity contribution in [1.82, 2.24) is 0 Å². The maximum absolute atomic E-state index is 11.3. The van der Waals surface area contributed by atoms with E-state index in [4.69, 9.17) is 27.9 Å². The lowest BCUT2D eigenvalue weighted by Crippen LogP contribution is -2.08. The van der Waals surface area contributed by atoms with Crippen molar-refractivity contribution >= 4 is 40.9 Å². The van der Waals surface area contributed by atoms with Crippen LogP contribution in [0.2, 0.25) is 10.0 Å². The minimum atomic E-state index is -0.386. The molecule has 0 saturated carbocycles. The van der Waals surface area contributed by atoms with E-state index in [0.29, 0.717) is 28.0 Å². The third-order valence-electron chi connectivity index (χ3n) is 1.87. The first-order chi connectivity index (χ1) is 8.06. The highest BCUT2D eigenvalue weighted by molar-refractivity contribution is 7.99. The summed E-state index contributed by atoms with van der Waals surface area (Å²) in [6.45, 7) is 5.76. The molecule has 0 aromatic heterocycles. The van der Waals surface area contributed by atoms with Gasteiger partial charge < -0.3 is 4.74 Å². The van der Waals surface area contributed by atoms with E-state index >= 15 is 0 Å². The highest BCUT2D eigenvalue weighted by atomic mass is 35.5. The van der Waals surface area contributed by atoms with Crippen molar-refractivity contribution in [1.29, 1.82) is 0 Å². The third kappa shape index (κ3) is 4.26. The van der Waals surface area contributed by atoms with Crippen LogP contribution in [0.4, 0.5) is 0 Å². The fourth-order valence-corrected chi connectivity index (χ4v) is 2.64. The second-order valence-corrected chi connectivity index (χ2v) is 4.96. The van der Waals surface area contributed by atoms with E-state index in [-0.39, 0.29) is 5.97 Å². The topological polar surface area (TPSA) is 26.3 Å². The standard InChI is InChI=1S/C12H12Cl2O2S/c1-3-16-12(15)8(2)7-17-11-9(13)5-4-6-10(11)14/h4-6H,2-3,7H2,1H3. The molecule has 0 bridgehead atoms. The van der Waals surface area contributed by atoms with Crippen molar-refractivity contribution in [3.05, 3.63) is 40.4 Å². The van der Waals surface area contributed by atoms with Gasteiger partial charge in [0.2, 0.25) is 0 Å². The molecule has 0 saturated heterocycles. The van der Waals surface area contributed by atoms with E-state index < -0.39 is 0 Å². The molecule has 0 fully saturated rings. The molecule has 0 aliphatic carbocycles. The zero-order valence-corrected chi connectivity index (χ0v) is 11.7. The summed E-state index contributed by atoms with van der Waals surface area (Å²) in [6, 6.07) is 5.28. The average molecular weight is 291 g/mol. The van der Waals surface area contributed by atoms with Gasteiger partial charge in [0.25, 0.3) is 0 Å². The fraction of sp³-hybridized carbons (Fsp3) is 0.250. The molecule has 0 heterocycles. The van der Waals surface area contributed by atoms with Crippen LogP contribution in [0.5, 0.6) is 0 Å². The number of benzene rings is 1. The second kappa shape index (κ2) is 6.94. The van der Waals surface area contributed by atoms with Crippen molar-refractivity contribution < 1.29 is 9.53 Å². The van der Waals surface area contributed by atoms with E-state index in [1.807, 2.05) is 0 Å². The van der Waals surface area contributed by atoms with Crippen molar-refractivity contribution in [2.45, 2.75) is 11.8 Å². The van der Waals surface area contributed by atoms with Gasteiger partial charge in [-0.2, -0.15) is 0 Å². The van der Waals surface area contributed by atoms with Crippen LogP contribution in [-0.2, 0) is 9.53 Å². The van der Waals surface area contributed by atoms with Crippen LogP contribution in [0.15, 0.2) is 35.2 Å². The Kier molecular flexibility index (Phi) is 5.89. The van der Waals surface area contributed by atoms with Gasteiger partial charge in [-0.15, -0.1) is 11.8 Å². The molecule has 1 aromatic rings. The van der Waals surface area contributed by atoms with Crippen LogP contribution in [-0.4, -0.2) is 18.3 Å². The van der Waals surface area contributed by atoms with Gasteiger partial charge >= 0.3 is 5.97 Å². The average Bonchev–Trinajstić information content (AvgIpc) is 2.28. The Morgan fingerprint density at radius 2 is 2.00 bits per heavy atom.